The van der Waals surface area contributed by atoms with Crippen LogP contribution in [0.25, 0.3) is 5.65 Å². The number of aromatic nitrogens is 2. The number of imidazole rings is 1. The topological polar surface area (TPSA) is 76.4 Å². The van der Waals surface area contributed by atoms with Crippen molar-refractivity contribution in [2.24, 2.45) is 0 Å². The van der Waals surface area contributed by atoms with E-state index in [-0.39, 0.29) is 18.6 Å². The standard InChI is InChI=1S/C17H22N4O4/c1-3-24-17(23)20-9-7-19(8-10-20)15(22)12-25-14-5-4-6-21-11-13(2)18-16(14)21/h4-6,11H,3,7-10,12H2,1-2H3. The molecule has 25 heavy (non-hydrogen) atoms. The number of aryl methyl sites for hydroxylation is 1. The lowest BCUT2D eigenvalue weighted by molar-refractivity contribution is -0.134. The van der Waals surface area contributed by atoms with E-state index in [1.807, 2.05) is 29.8 Å². The van der Waals surface area contributed by atoms with Crippen LogP contribution in [0.4, 0.5) is 4.79 Å². The molecule has 0 spiro atoms. The third kappa shape index (κ3) is 3.84. The van der Waals surface area contributed by atoms with Crippen LogP contribution in [0, 0.1) is 6.92 Å². The minimum atomic E-state index is -0.327. The van der Waals surface area contributed by atoms with Crippen LogP contribution in [0.1, 0.15) is 12.6 Å². The number of hydrogen-bond acceptors (Lipinski definition) is 5. The number of hydrogen-bond donors (Lipinski definition) is 0. The molecule has 1 aliphatic heterocycles. The molecule has 0 saturated carbocycles. The molecule has 3 rings (SSSR count). The van der Waals surface area contributed by atoms with Gasteiger partial charge in [0.2, 0.25) is 0 Å². The summed E-state index contributed by atoms with van der Waals surface area (Å²) in [7, 11) is 0. The molecule has 8 heteroatoms. The Kier molecular flexibility index (Phi) is 5.06. The molecule has 0 aliphatic carbocycles. The monoisotopic (exact) mass is 346 g/mol. The van der Waals surface area contributed by atoms with Crippen LogP contribution in [-0.2, 0) is 9.53 Å². The first-order chi connectivity index (χ1) is 12.1. The Morgan fingerprint density at radius 3 is 2.64 bits per heavy atom. The summed E-state index contributed by atoms with van der Waals surface area (Å²) in [4.78, 5) is 31.8. The summed E-state index contributed by atoms with van der Waals surface area (Å²) < 4.78 is 12.5. The predicted molar refractivity (Wildman–Crippen MR) is 90.6 cm³/mol. The molecule has 1 fully saturated rings. The third-order valence-corrected chi connectivity index (χ3v) is 4.08. The maximum Gasteiger partial charge on any atom is 0.409 e. The molecule has 2 amide bonds. The molecule has 3 heterocycles. The van der Waals surface area contributed by atoms with E-state index in [2.05, 4.69) is 4.98 Å². The number of amides is 2. The average molecular weight is 346 g/mol. The van der Waals surface area contributed by atoms with Crippen LogP contribution < -0.4 is 4.74 Å². The van der Waals surface area contributed by atoms with E-state index in [0.29, 0.717) is 44.2 Å². The van der Waals surface area contributed by atoms with Gasteiger partial charge >= 0.3 is 6.09 Å². The molecule has 0 atom stereocenters. The Balaban J connectivity index is 1.54. The van der Waals surface area contributed by atoms with Gasteiger partial charge in [-0.1, -0.05) is 0 Å². The highest BCUT2D eigenvalue weighted by Crippen LogP contribution is 2.19. The molecule has 1 aliphatic rings. The van der Waals surface area contributed by atoms with Gasteiger partial charge < -0.3 is 23.7 Å². The van der Waals surface area contributed by atoms with E-state index in [1.165, 1.54) is 0 Å². The average Bonchev–Trinajstić information content (AvgIpc) is 3.00. The van der Waals surface area contributed by atoms with Crippen molar-refractivity contribution in [3.63, 3.8) is 0 Å². The van der Waals surface area contributed by atoms with Crippen LogP contribution in [0.3, 0.4) is 0 Å². The minimum Gasteiger partial charge on any atom is -0.480 e. The Labute approximate surface area is 145 Å². The predicted octanol–water partition coefficient (Wildman–Crippen LogP) is 1.32. The van der Waals surface area contributed by atoms with Crippen LogP contribution in [0.2, 0.25) is 0 Å². The zero-order valence-corrected chi connectivity index (χ0v) is 14.5. The first kappa shape index (κ1) is 17.1. The Hall–Kier alpha value is -2.77. The van der Waals surface area contributed by atoms with Gasteiger partial charge in [0.05, 0.1) is 12.3 Å². The fourth-order valence-corrected chi connectivity index (χ4v) is 2.81. The molecule has 0 aromatic carbocycles. The quantitative estimate of drug-likeness (QED) is 0.835. The van der Waals surface area contributed by atoms with Crippen molar-refractivity contribution in [2.75, 3.05) is 39.4 Å². The van der Waals surface area contributed by atoms with Gasteiger partial charge in [0.15, 0.2) is 18.0 Å². The van der Waals surface area contributed by atoms with Gasteiger partial charge in [0.1, 0.15) is 0 Å². The Morgan fingerprint density at radius 1 is 1.20 bits per heavy atom. The second-order valence-corrected chi connectivity index (χ2v) is 5.84. The largest absolute Gasteiger partial charge is 0.480 e. The summed E-state index contributed by atoms with van der Waals surface area (Å²) in [5.74, 6) is 0.475. The number of pyridine rings is 1. The Morgan fingerprint density at radius 2 is 1.92 bits per heavy atom. The van der Waals surface area contributed by atoms with Crippen molar-refractivity contribution in [1.29, 1.82) is 0 Å². The fourth-order valence-electron chi connectivity index (χ4n) is 2.81. The number of rotatable bonds is 4. The zero-order chi connectivity index (χ0) is 17.8. The fraction of sp³-hybridized carbons (Fsp3) is 0.471. The maximum absolute atomic E-state index is 12.4. The van der Waals surface area contributed by atoms with Crippen molar-refractivity contribution in [2.45, 2.75) is 13.8 Å². The first-order valence-corrected chi connectivity index (χ1v) is 8.35. The summed E-state index contributed by atoms with van der Waals surface area (Å²) in [6, 6.07) is 3.65. The van der Waals surface area contributed by atoms with E-state index in [4.69, 9.17) is 9.47 Å². The number of carbonyl (C=O) groups is 2. The van der Waals surface area contributed by atoms with Gasteiger partial charge in [0.25, 0.3) is 5.91 Å². The second kappa shape index (κ2) is 7.42. The minimum absolute atomic E-state index is 0.0506. The van der Waals surface area contributed by atoms with Crippen LogP contribution in [0.5, 0.6) is 5.75 Å². The van der Waals surface area contributed by atoms with Crippen molar-refractivity contribution >= 4 is 17.6 Å². The van der Waals surface area contributed by atoms with Crippen molar-refractivity contribution < 1.29 is 19.1 Å². The molecule has 0 bridgehead atoms. The molecule has 2 aromatic heterocycles. The lowest BCUT2D eigenvalue weighted by atomic mass is 10.3. The van der Waals surface area contributed by atoms with Crippen LogP contribution in [-0.4, -0.2) is 70.6 Å². The van der Waals surface area contributed by atoms with Crippen molar-refractivity contribution in [3.8, 4) is 5.75 Å². The second-order valence-electron chi connectivity index (χ2n) is 5.84. The highest BCUT2D eigenvalue weighted by molar-refractivity contribution is 5.78. The SMILES string of the molecule is CCOC(=O)N1CCN(C(=O)COc2cccn3cc(C)nc23)CC1. The molecule has 8 nitrogen and oxygen atoms in total. The number of fused-ring (bicyclic) bond motifs is 1. The molecule has 1 saturated heterocycles. The summed E-state index contributed by atoms with van der Waals surface area (Å²) >= 11 is 0. The van der Waals surface area contributed by atoms with Crippen LogP contribution in [0.15, 0.2) is 24.5 Å². The smallest absolute Gasteiger partial charge is 0.409 e. The molecule has 2 aromatic rings. The molecule has 0 radical (unpaired) electrons. The number of ether oxygens (including phenoxy) is 2. The first-order valence-electron chi connectivity index (χ1n) is 8.35. The lowest BCUT2D eigenvalue weighted by Gasteiger charge is -2.33. The van der Waals surface area contributed by atoms with Crippen LogP contribution >= 0.6 is 0 Å². The van der Waals surface area contributed by atoms with E-state index >= 15 is 0 Å². The van der Waals surface area contributed by atoms with Gasteiger partial charge in [-0.05, 0) is 26.0 Å². The van der Waals surface area contributed by atoms with E-state index in [9.17, 15) is 9.59 Å². The third-order valence-electron chi connectivity index (χ3n) is 4.08. The molecule has 0 N–H and O–H groups in total. The van der Waals surface area contributed by atoms with Gasteiger partial charge in [-0.25, -0.2) is 9.78 Å². The zero-order valence-electron chi connectivity index (χ0n) is 14.5. The maximum atomic E-state index is 12.4. The summed E-state index contributed by atoms with van der Waals surface area (Å²) in [6.07, 6.45) is 3.46. The number of piperazine rings is 1. The highest BCUT2D eigenvalue weighted by Gasteiger charge is 2.25. The van der Waals surface area contributed by atoms with E-state index < -0.39 is 0 Å². The summed E-state index contributed by atoms with van der Waals surface area (Å²) in [5, 5.41) is 0. The summed E-state index contributed by atoms with van der Waals surface area (Å²) in [5.41, 5.74) is 1.58. The number of nitrogens with zero attached hydrogens (tertiary/aromatic N) is 4. The molecular formula is C17H22N4O4. The van der Waals surface area contributed by atoms with Crippen molar-refractivity contribution in [1.82, 2.24) is 19.2 Å². The van der Waals surface area contributed by atoms with Gasteiger partial charge in [-0.2, -0.15) is 0 Å². The van der Waals surface area contributed by atoms with Crippen molar-refractivity contribution in [3.05, 3.63) is 30.2 Å². The molecule has 134 valence electrons. The van der Waals surface area contributed by atoms with E-state index in [0.717, 1.165) is 5.69 Å². The van der Waals surface area contributed by atoms with E-state index in [1.54, 1.807) is 22.8 Å². The molecule has 0 unspecified atom stereocenters. The molecular weight excluding hydrogens is 324 g/mol. The highest BCUT2D eigenvalue weighted by atomic mass is 16.6. The van der Waals surface area contributed by atoms with Gasteiger partial charge in [-0.3, -0.25) is 4.79 Å². The summed E-state index contributed by atoms with van der Waals surface area (Å²) in [6.45, 7) is 5.89. The Bertz CT molecular complexity index is 765. The lowest BCUT2D eigenvalue weighted by Crippen LogP contribution is -2.51. The normalized spacial score (nSPS) is 14.6. The van der Waals surface area contributed by atoms with Gasteiger partial charge in [0, 0.05) is 38.6 Å². The number of carbonyl (C=O) groups excluding carboxylic acids is 2. The van der Waals surface area contributed by atoms with Gasteiger partial charge in [-0.15, -0.1) is 0 Å².